The minimum atomic E-state index is -3.58. The molecule has 194 valence electrons. The highest BCUT2D eigenvalue weighted by Gasteiger charge is 2.21. The number of carboxylic acids is 2. The molecule has 36 heavy (non-hydrogen) atoms. The van der Waals surface area contributed by atoms with E-state index in [-0.39, 0.29) is 24.0 Å². The SMILES string of the molecule is CS(=O)(=O)Nc1cc([C@@H](O)CNC2CCN(c3ccc(C=C(C(=O)O)C(=O)O)cc3)CC2)ccc1O. The Morgan fingerprint density at radius 3 is 2.25 bits per heavy atom. The van der Waals surface area contributed by atoms with Gasteiger partial charge in [0.25, 0.3) is 0 Å². The molecule has 1 saturated heterocycles. The number of phenols is 1. The molecular weight excluding hydrogens is 490 g/mol. The van der Waals surface area contributed by atoms with Gasteiger partial charge in [0, 0.05) is 31.4 Å². The molecule has 1 heterocycles. The van der Waals surface area contributed by atoms with Crippen molar-refractivity contribution in [3.05, 3.63) is 59.2 Å². The van der Waals surface area contributed by atoms with Crippen molar-refractivity contribution < 1.29 is 38.4 Å². The fraction of sp³-hybridized carbons (Fsp3) is 0.333. The third-order valence-electron chi connectivity index (χ3n) is 5.83. The lowest BCUT2D eigenvalue weighted by atomic mass is 10.0. The predicted octanol–water partition coefficient (Wildman–Crippen LogP) is 1.61. The van der Waals surface area contributed by atoms with E-state index in [4.69, 9.17) is 10.2 Å². The van der Waals surface area contributed by atoms with Crippen molar-refractivity contribution in [3.63, 3.8) is 0 Å². The summed E-state index contributed by atoms with van der Waals surface area (Å²) in [5, 5.41) is 41.7. The smallest absolute Gasteiger partial charge is 0.343 e. The molecule has 1 atom stereocenters. The van der Waals surface area contributed by atoms with Gasteiger partial charge in [-0.2, -0.15) is 0 Å². The largest absolute Gasteiger partial charge is 0.506 e. The molecule has 0 unspecified atom stereocenters. The van der Waals surface area contributed by atoms with Crippen LogP contribution in [0.5, 0.6) is 5.75 Å². The minimum absolute atomic E-state index is 0.00557. The van der Waals surface area contributed by atoms with Gasteiger partial charge in [-0.15, -0.1) is 0 Å². The molecule has 2 aromatic carbocycles. The summed E-state index contributed by atoms with van der Waals surface area (Å²) < 4.78 is 25.1. The molecule has 12 heteroatoms. The maximum atomic E-state index is 11.5. The quantitative estimate of drug-likeness (QED) is 0.117. The Hall–Kier alpha value is -3.61. The number of rotatable bonds is 10. The van der Waals surface area contributed by atoms with Crippen molar-refractivity contribution in [3.8, 4) is 5.75 Å². The van der Waals surface area contributed by atoms with Gasteiger partial charge in [0.1, 0.15) is 11.3 Å². The number of phenolic OH excluding ortho intramolecular Hbond substituents is 1. The molecule has 1 aliphatic heterocycles. The van der Waals surface area contributed by atoms with Gasteiger partial charge in [0.05, 0.1) is 18.0 Å². The molecule has 0 radical (unpaired) electrons. The number of hydrogen-bond acceptors (Lipinski definition) is 8. The number of aliphatic carboxylic acids is 2. The molecule has 0 bridgehead atoms. The van der Waals surface area contributed by atoms with Gasteiger partial charge in [0.15, 0.2) is 0 Å². The summed E-state index contributed by atoms with van der Waals surface area (Å²) in [6.07, 6.45) is 2.82. The van der Waals surface area contributed by atoms with E-state index in [1.54, 1.807) is 12.1 Å². The topological polar surface area (TPSA) is 176 Å². The Morgan fingerprint density at radius 2 is 1.69 bits per heavy atom. The van der Waals surface area contributed by atoms with Crippen LogP contribution >= 0.6 is 0 Å². The van der Waals surface area contributed by atoms with E-state index >= 15 is 0 Å². The number of sulfonamides is 1. The number of aliphatic hydroxyl groups excluding tert-OH is 1. The monoisotopic (exact) mass is 519 g/mol. The fourth-order valence-electron chi connectivity index (χ4n) is 3.94. The lowest BCUT2D eigenvalue weighted by Crippen LogP contribution is -2.43. The molecule has 0 saturated carbocycles. The van der Waals surface area contributed by atoms with E-state index in [2.05, 4.69) is 14.9 Å². The lowest BCUT2D eigenvalue weighted by molar-refractivity contribution is -0.140. The molecule has 0 aromatic heterocycles. The molecule has 6 N–H and O–H groups in total. The molecule has 0 amide bonds. The van der Waals surface area contributed by atoms with Crippen LogP contribution in [0.4, 0.5) is 11.4 Å². The van der Waals surface area contributed by atoms with Crippen molar-refractivity contribution in [2.45, 2.75) is 25.0 Å². The highest BCUT2D eigenvalue weighted by molar-refractivity contribution is 7.92. The first-order valence-electron chi connectivity index (χ1n) is 11.2. The summed E-state index contributed by atoms with van der Waals surface area (Å²) in [6, 6.07) is 11.4. The van der Waals surface area contributed by atoms with Crippen molar-refractivity contribution in [1.82, 2.24) is 5.32 Å². The minimum Gasteiger partial charge on any atom is -0.506 e. The number of anilines is 2. The van der Waals surface area contributed by atoms with Crippen LogP contribution in [-0.4, -0.2) is 72.7 Å². The van der Waals surface area contributed by atoms with Crippen LogP contribution in [0.15, 0.2) is 48.0 Å². The summed E-state index contributed by atoms with van der Waals surface area (Å²) in [4.78, 5) is 24.2. The Kier molecular flexibility index (Phi) is 8.56. The Morgan fingerprint density at radius 1 is 1.08 bits per heavy atom. The molecular formula is C24H29N3O8S. The van der Waals surface area contributed by atoms with Crippen LogP contribution in [0.3, 0.4) is 0 Å². The van der Waals surface area contributed by atoms with Gasteiger partial charge in [-0.1, -0.05) is 18.2 Å². The number of carboxylic acid groups (broad SMARTS) is 2. The highest BCUT2D eigenvalue weighted by Crippen LogP contribution is 2.28. The van der Waals surface area contributed by atoms with Gasteiger partial charge in [0.2, 0.25) is 10.0 Å². The average molecular weight is 520 g/mol. The van der Waals surface area contributed by atoms with Crippen LogP contribution in [0.2, 0.25) is 0 Å². The summed E-state index contributed by atoms with van der Waals surface area (Å²) in [6.45, 7) is 1.75. The zero-order valence-electron chi connectivity index (χ0n) is 19.6. The standard InChI is InChI=1S/C24H29N3O8S/c1-36(34,35)26-20-13-16(4-7-21(20)28)22(29)14-25-17-8-10-27(11-9-17)18-5-2-15(3-6-18)12-19(23(30)31)24(32)33/h2-7,12-13,17,22,25-26,28-29H,8-11,14H2,1H3,(H,30,31)(H,32,33)/t22-/m0/s1. The number of nitrogens with zero attached hydrogens (tertiary/aromatic N) is 1. The first-order valence-corrected chi connectivity index (χ1v) is 13.1. The first kappa shape index (κ1) is 27.0. The Labute approximate surface area is 208 Å². The summed E-state index contributed by atoms with van der Waals surface area (Å²) in [5.74, 6) is -3.23. The van der Waals surface area contributed by atoms with E-state index in [1.807, 2.05) is 12.1 Å². The summed E-state index contributed by atoms with van der Waals surface area (Å²) >= 11 is 0. The van der Waals surface area contributed by atoms with Crippen molar-refractivity contribution in [2.24, 2.45) is 0 Å². The second kappa shape index (κ2) is 11.4. The molecule has 3 rings (SSSR count). The van der Waals surface area contributed by atoms with Gasteiger partial charge < -0.3 is 30.6 Å². The van der Waals surface area contributed by atoms with Gasteiger partial charge in [-0.25, -0.2) is 18.0 Å². The van der Waals surface area contributed by atoms with E-state index in [9.17, 15) is 28.2 Å². The van der Waals surface area contributed by atoms with Gasteiger partial charge in [-0.3, -0.25) is 4.72 Å². The molecule has 11 nitrogen and oxygen atoms in total. The number of carbonyl (C=O) groups is 2. The summed E-state index contributed by atoms with van der Waals surface area (Å²) in [7, 11) is -3.58. The third-order valence-corrected chi connectivity index (χ3v) is 6.42. The fourth-order valence-corrected chi connectivity index (χ4v) is 4.51. The number of benzene rings is 2. The van der Waals surface area contributed by atoms with Crippen molar-refractivity contribution >= 4 is 39.4 Å². The second-order valence-corrected chi connectivity index (χ2v) is 10.3. The van der Waals surface area contributed by atoms with Crippen LogP contribution < -0.4 is 14.9 Å². The van der Waals surface area contributed by atoms with Crippen LogP contribution in [0.1, 0.15) is 30.1 Å². The predicted molar refractivity (Wildman–Crippen MR) is 134 cm³/mol. The molecule has 1 aliphatic rings. The zero-order chi connectivity index (χ0) is 26.5. The molecule has 0 spiro atoms. The maximum absolute atomic E-state index is 11.5. The van der Waals surface area contributed by atoms with E-state index in [0.717, 1.165) is 44.0 Å². The Balaban J connectivity index is 1.52. The normalized spacial score (nSPS) is 15.2. The lowest BCUT2D eigenvalue weighted by Gasteiger charge is -2.34. The third kappa shape index (κ3) is 7.44. The second-order valence-electron chi connectivity index (χ2n) is 8.60. The average Bonchev–Trinajstić information content (AvgIpc) is 2.82. The van der Waals surface area contributed by atoms with Crippen LogP contribution in [0, 0.1) is 0 Å². The van der Waals surface area contributed by atoms with Gasteiger partial charge in [-0.05, 0) is 54.3 Å². The number of aliphatic hydroxyl groups is 1. The number of aromatic hydroxyl groups is 1. The molecule has 1 fully saturated rings. The first-order chi connectivity index (χ1) is 16.9. The number of hydrogen-bond donors (Lipinski definition) is 6. The Bertz CT molecular complexity index is 1220. The van der Waals surface area contributed by atoms with E-state index in [0.29, 0.717) is 11.1 Å². The molecule has 0 aliphatic carbocycles. The maximum Gasteiger partial charge on any atom is 0.343 e. The summed E-state index contributed by atoms with van der Waals surface area (Å²) in [5.41, 5.74) is 1.19. The molecule has 2 aromatic rings. The zero-order valence-corrected chi connectivity index (χ0v) is 20.4. The van der Waals surface area contributed by atoms with E-state index < -0.39 is 33.6 Å². The van der Waals surface area contributed by atoms with E-state index in [1.165, 1.54) is 18.2 Å². The highest BCUT2D eigenvalue weighted by atomic mass is 32.2. The van der Waals surface area contributed by atoms with Crippen molar-refractivity contribution in [1.29, 1.82) is 0 Å². The van der Waals surface area contributed by atoms with Crippen LogP contribution in [0.25, 0.3) is 6.08 Å². The number of nitrogens with one attached hydrogen (secondary N) is 2. The van der Waals surface area contributed by atoms with Crippen LogP contribution in [-0.2, 0) is 19.6 Å². The van der Waals surface area contributed by atoms with Gasteiger partial charge >= 0.3 is 11.9 Å². The number of piperidine rings is 1. The van der Waals surface area contributed by atoms with Crippen molar-refractivity contribution in [2.75, 3.05) is 35.5 Å².